The van der Waals surface area contributed by atoms with Crippen molar-refractivity contribution in [3.63, 3.8) is 0 Å². The molecule has 0 atom stereocenters. The minimum Gasteiger partial charge on any atom is -0.383 e. The van der Waals surface area contributed by atoms with Gasteiger partial charge in [-0.2, -0.15) is 5.10 Å². The molecule has 0 radical (unpaired) electrons. The van der Waals surface area contributed by atoms with Gasteiger partial charge in [0.1, 0.15) is 5.02 Å². The van der Waals surface area contributed by atoms with E-state index in [1.165, 1.54) is 4.68 Å². The third kappa shape index (κ3) is 4.81. The Morgan fingerprint density at radius 3 is 2.95 bits per heavy atom. The summed E-state index contributed by atoms with van der Waals surface area (Å²) in [6.45, 7) is 5.48. The first kappa shape index (κ1) is 15.9. The number of aromatic nitrogens is 2. The van der Waals surface area contributed by atoms with Gasteiger partial charge in [0.25, 0.3) is 5.56 Å². The van der Waals surface area contributed by atoms with E-state index in [2.05, 4.69) is 22.2 Å². The van der Waals surface area contributed by atoms with Gasteiger partial charge in [-0.3, -0.25) is 4.79 Å². The highest BCUT2D eigenvalue weighted by Crippen LogP contribution is 2.14. The second-order valence-electron chi connectivity index (χ2n) is 4.22. The summed E-state index contributed by atoms with van der Waals surface area (Å²) in [7, 11) is 3.61. The Morgan fingerprint density at radius 2 is 2.32 bits per heavy atom. The predicted octanol–water partition coefficient (Wildman–Crippen LogP) is 0.907. The standard InChI is InChI=1S/C12H21ClN4O2/c1-4-16(2)6-5-14-10-9-15-17(7-8-19-3)12(18)11(10)13/h9,14H,4-8H2,1-3H3. The van der Waals surface area contributed by atoms with E-state index < -0.39 is 0 Å². The maximum atomic E-state index is 11.9. The summed E-state index contributed by atoms with van der Waals surface area (Å²) < 4.78 is 6.21. The van der Waals surface area contributed by atoms with Crippen LogP contribution in [-0.2, 0) is 11.3 Å². The van der Waals surface area contributed by atoms with Crippen LogP contribution in [0.1, 0.15) is 6.92 Å². The monoisotopic (exact) mass is 288 g/mol. The normalized spacial score (nSPS) is 11.0. The highest BCUT2D eigenvalue weighted by molar-refractivity contribution is 6.32. The van der Waals surface area contributed by atoms with Crippen LogP contribution in [0.5, 0.6) is 0 Å². The van der Waals surface area contributed by atoms with Crippen molar-refractivity contribution < 1.29 is 4.74 Å². The van der Waals surface area contributed by atoms with Crippen LogP contribution in [0.3, 0.4) is 0 Å². The maximum Gasteiger partial charge on any atom is 0.287 e. The summed E-state index contributed by atoms with van der Waals surface area (Å²) in [6.07, 6.45) is 1.57. The van der Waals surface area contributed by atoms with Gasteiger partial charge < -0.3 is 15.0 Å². The van der Waals surface area contributed by atoms with E-state index >= 15 is 0 Å². The number of hydrogen-bond acceptors (Lipinski definition) is 5. The molecule has 0 bridgehead atoms. The number of nitrogens with one attached hydrogen (secondary N) is 1. The number of likely N-dealkylation sites (N-methyl/N-ethyl adjacent to an activating group) is 1. The Morgan fingerprint density at radius 1 is 1.58 bits per heavy atom. The molecule has 6 nitrogen and oxygen atoms in total. The van der Waals surface area contributed by atoms with Gasteiger partial charge in [-0.05, 0) is 13.6 Å². The fourth-order valence-electron chi connectivity index (χ4n) is 1.46. The number of methoxy groups -OCH3 is 1. The fraction of sp³-hybridized carbons (Fsp3) is 0.667. The van der Waals surface area contributed by atoms with E-state index in [-0.39, 0.29) is 10.6 Å². The number of halogens is 1. The van der Waals surface area contributed by atoms with Crippen LogP contribution in [0.15, 0.2) is 11.0 Å². The summed E-state index contributed by atoms with van der Waals surface area (Å²) >= 11 is 6.04. The van der Waals surface area contributed by atoms with E-state index in [0.717, 1.165) is 13.1 Å². The van der Waals surface area contributed by atoms with Gasteiger partial charge in [-0.25, -0.2) is 4.68 Å². The van der Waals surface area contributed by atoms with E-state index in [1.54, 1.807) is 13.3 Å². The molecule has 19 heavy (non-hydrogen) atoms. The minimum atomic E-state index is -0.299. The molecule has 1 rings (SSSR count). The summed E-state index contributed by atoms with van der Waals surface area (Å²) in [4.78, 5) is 14.1. The average molecular weight is 289 g/mol. The maximum absolute atomic E-state index is 11.9. The number of anilines is 1. The summed E-state index contributed by atoms with van der Waals surface area (Å²) in [5, 5.41) is 7.35. The Kier molecular flexibility index (Phi) is 6.83. The number of ether oxygens (including phenoxy) is 1. The Balaban J connectivity index is 2.65. The molecular weight excluding hydrogens is 268 g/mol. The second-order valence-corrected chi connectivity index (χ2v) is 4.59. The lowest BCUT2D eigenvalue weighted by molar-refractivity contribution is 0.182. The van der Waals surface area contributed by atoms with Crippen molar-refractivity contribution in [3.8, 4) is 0 Å². The van der Waals surface area contributed by atoms with Gasteiger partial charge in [0, 0.05) is 20.2 Å². The largest absolute Gasteiger partial charge is 0.383 e. The van der Waals surface area contributed by atoms with Crippen molar-refractivity contribution in [2.45, 2.75) is 13.5 Å². The Hall–Kier alpha value is -1.11. The van der Waals surface area contributed by atoms with E-state index in [4.69, 9.17) is 16.3 Å². The van der Waals surface area contributed by atoms with E-state index in [9.17, 15) is 4.79 Å². The molecule has 1 aromatic heterocycles. The zero-order valence-electron chi connectivity index (χ0n) is 11.6. The van der Waals surface area contributed by atoms with Crippen LogP contribution in [-0.4, -0.2) is 55.1 Å². The van der Waals surface area contributed by atoms with Crippen molar-refractivity contribution in [3.05, 3.63) is 21.6 Å². The molecule has 0 amide bonds. The number of rotatable bonds is 8. The van der Waals surface area contributed by atoms with Crippen LogP contribution >= 0.6 is 11.6 Å². The zero-order chi connectivity index (χ0) is 14.3. The summed E-state index contributed by atoms with van der Waals surface area (Å²) in [6, 6.07) is 0. The first-order valence-electron chi connectivity index (χ1n) is 6.27. The van der Waals surface area contributed by atoms with Gasteiger partial charge in [0.15, 0.2) is 0 Å². The average Bonchev–Trinajstić information content (AvgIpc) is 2.42. The second kappa shape index (κ2) is 8.14. The zero-order valence-corrected chi connectivity index (χ0v) is 12.4. The molecule has 1 heterocycles. The molecule has 0 aromatic carbocycles. The van der Waals surface area contributed by atoms with Crippen molar-refractivity contribution in [1.29, 1.82) is 0 Å². The molecule has 0 unspecified atom stereocenters. The van der Waals surface area contributed by atoms with Crippen molar-refractivity contribution in [2.24, 2.45) is 0 Å². The van der Waals surface area contributed by atoms with Gasteiger partial charge in [-0.15, -0.1) is 0 Å². The highest BCUT2D eigenvalue weighted by atomic mass is 35.5. The third-order valence-corrected chi connectivity index (χ3v) is 3.21. The Bertz CT molecular complexity index is 450. The highest BCUT2D eigenvalue weighted by Gasteiger charge is 2.08. The van der Waals surface area contributed by atoms with Crippen molar-refractivity contribution in [2.75, 3.05) is 45.7 Å². The van der Waals surface area contributed by atoms with Crippen LogP contribution in [0.2, 0.25) is 5.02 Å². The summed E-state index contributed by atoms with van der Waals surface area (Å²) in [5.41, 5.74) is 0.275. The molecule has 7 heteroatoms. The predicted molar refractivity (Wildman–Crippen MR) is 77.0 cm³/mol. The molecule has 1 N–H and O–H groups in total. The van der Waals surface area contributed by atoms with Crippen molar-refractivity contribution >= 4 is 17.3 Å². The van der Waals surface area contributed by atoms with Crippen LogP contribution in [0.4, 0.5) is 5.69 Å². The lowest BCUT2D eigenvalue weighted by Crippen LogP contribution is -2.28. The van der Waals surface area contributed by atoms with Gasteiger partial charge >= 0.3 is 0 Å². The molecule has 0 aliphatic rings. The van der Waals surface area contributed by atoms with Crippen LogP contribution in [0.25, 0.3) is 0 Å². The fourth-order valence-corrected chi connectivity index (χ4v) is 1.68. The summed E-state index contributed by atoms with van der Waals surface area (Å²) in [5.74, 6) is 0. The number of nitrogens with zero attached hydrogens (tertiary/aromatic N) is 3. The van der Waals surface area contributed by atoms with Gasteiger partial charge in [-0.1, -0.05) is 18.5 Å². The van der Waals surface area contributed by atoms with Gasteiger partial charge in [0.2, 0.25) is 0 Å². The molecule has 0 aliphatic carbocycles. The quantitative estimate of drug-likeness (QED) is 0.770. The molecule has 0 fully saturated rings. The van der Waals surface area contributed by atoms with E-state index in [0.29, 0.717) is 25.4 Å². The molecule has 0 saturated carbocycles. The first-order chi connectivity index (χ1) is 9.10. The lowest BCUT2D eigenvalue weighted by Gasteiger charge is -2.15. The van der Waals surface area contributed by atoms with Crippen LogP contribution in [0, 0.1) is 0 Å². The third-order valence-electron chi connectivity index (χ3n) is 2.84. The smallest absolute Gasteiger partial charge is 0.287 e. The molecule has 0 aliphatic heterocycles. The number of hydrogen-bond donors (Lipinski definition) is 1. The topological polar surface area (TPSA) is 59.4 Å². The van der Waals surface area contributed by atoms with E-state index in [1.807, 2.05) is 7.05 Å². The molecular formula is C12H21ClN4O2. The molecule has 108 valence electrons. The minimum absolute atomic E-state index is 0.172. The molecule has 0 spiro atoms. The van der Waals surface area contributed by atoms with Crippen molar-refractivity contribution in [1.82, 2.24) is 14.7 Å². The van der Waals surface area contributed by atoms with Gasteiger partial charge in [0.05, 0.1) is 25.0 Å². The Labute approximate surface area is 118 Å². The first-order valence-corrected chi connectivity index (χ1v) is 6.65. The SMILES string of the molecule is CCN(C)CCNc1cnn(CCOC)c(=O)c1Cl. The molecule has 1 aromatic rings. The lowest BCUT2D eigenvalue weighted by atomic mass is 10.4. The molecule has 0 saturated heterocycles. The van der Waals surface area contributed by atoms with Crippen LogP contribution < -0.4 is 10.9 Å².